The third-order valence-corrected chi connectivity index (χ3v) is 4.50. The summed E-state index contributed by atoms with van der Waals surface area (Å²) < 4.78 is 12.3. The average molecular weight is 350 g/mol. The Hall–Kier alpha value is -1.89. The van der Waals surface area contributed by atoms with Crippen LogP contribution in [0.3, 0.4) is 0 Å². The molecule has 1 aromatic heterocycles. The Morgan fingerprint density at radius 3 is 2.75 bits per heavy atom. The van der Waals surface area contributed by atoms with Crippen LogP contribution >= 0.6 is 11.6 Å². The van der Waals surface area contributed by atoms with E-state index in [9.17, 15) is 4.79 Å². The molecule has 6 nitrogen and oxygen atoms in total. The van der Waals surface area contributed by atoms with E-state index in [1.165, 1.54) is 0 Å². The van der Waals surface area contributed by atoms with Gasteiger partial charge in [0.05, 0.1) is 36.2 Å². The van der Waals surface area contributed by atoms with Crippen LogP contribution in [-0.4, -0.2) is 60.1 Å². The smallest absolute Gasteiger partial charge is 0.257 e. The van der Waals surface area contributed by atoms with Crippen molar-refractivity contribution < 1.29 is 14.3 Å². The highest BCUT2D eigenvalue weighted by molar-refractivity contribution is 6.30. The summed E-state index contributed by atoms with van der Waals surface area (Å²) in [4.78, 5) is 14.6. The van der Waals surface area contributed by atoms with Gasteiger partial charge in [0.2, 0.25) is 0 Å². The predicted molar refractivity (Wildman–Crippen MR) is 90.7 cm³/mol. The summed E-state index contributed by atoms with van der Waals surface area (Å²) in [5.74, 6) is -0.0585. The molecule has 24 heavy (non-hydrogen) atoms. The quantitative estimate of drug-likeness (QED) is 0.831. The number of benzene rings is 1. The summed E-state index contributed by atoms with van der Waals surface area (Å²) >= 11 is 5.90. The summed E-state index contributed by atoms with van der Waals surface area (Å²) in [6.07, 6.45) is 4.14. The van der Waals surface area contributed by atoms with Gasteiger partial charge in [0.25, 0.3) is 5.91 Å². The van der Waals surface area contributed by atoms with Crippen LogP contribution in [-0.2, 0) is 9.47 Å². The minimum Gasteiger partial charge on any atom is -0.383 e. The van der Waals surface area contributed by atoms with E-state index in [-0.39, 0.29) is 18.1 Å². The molecule has 1 saturated heterocycles. The van der Waals surface area contributed by atoms with E-state index in [0.717, 1.165) is 12.1 Å². The van der Waals surface area contributed by atoms with E-state index in [0.29, 0.717) is 23.7 Å². The van der Waals surface area contributed by atoms with E-state index < -0.39 is 0 Å². The normalized spacial score (nSPS) is 20.5. The molecule has 0 unspecified atom stereocenters. The molecule has 2 heterocycles. The number of nitrogens with zero attached hydrogens (tertiary/aromatic N) is 3. The summed E-state index contributed by atoms with van der Waals surface area (Å²) in [7, 11) is 3.31. The highest BCUT2D eigenvalue weighted by atomic mass is 35.5. The Bertz CT molecular complexity index is 701. The van der Waals surface area contributed by atoms with E-state index >= 15 is 0 Å². The highest BCUT2D eigenvalue weighted by Gasteiger charge is 2.36. The zero-order valence-corrected chi connectivity index (χ0v) is 14.4. The van der Waals surface area contributed by atoms with Crippen molar-refractivity contribution in [3.05, 3.63) is 47.2 Å². The van der Waals surface area contributed by atoms with Gasteiger partial charge in [0.15, 0.2) is 0 Å². The number of likely N-dealkylation sites (tertiary alicyclic amines) is 1. The maximum Gasteiger partial charge on any atom is 0.257 e. The zero-order chi connectivity index (χ0) is 17.1. The van der Waals surface area contributed by atoms with Crippen molar-refractivity contribution in [1.29, 1.82) is 0 Å². The van der Waals surface area contributed by atoms with Crippen molar-refractivity contribution in [3.8, 4) is 5.69 Å². The standard InChI is InChI=1S/C17H20ClN3O3/c1-23-11-15-7-16(24-2)10-20(15)17(22)12-8-19-21(9-12)14-5-3-13(18)4-6-14/h3-6,8-9,15-16H,7,10-11H2,1-2H3/t15-,16-/m0/s1. The van der Waals surface area contributed by atoms with Crippen LogP contribution in [0, 0.1) is 0 Å². The molecule has 0 radical (unpaired) electrons. The van der Waals surface area contributed by atoms with Crippen LogP contribution in [0.25, 0.3) is 5.69 Å². The Labute approximate surface area is 145 Å². The van der Waals surface area contributed by atoms with Crippen LogP contribution in [0.2, 0.25) is 5.02 Å². The van der Waals surface area contributed by atoms with E-state index in [2.05, 4.69) is 5.10 Å². The molecule has 1 aromatic carbocycles. The van der Waals surface area contributed by atoms with E-state index in [1.54, 1.807) is 48.3 Å². The molecule has 1 aliphatic rings. The minimum atomic E-state index is -0.0585. The molecule has 128 valence electrons. The second-order valence-corrected chi connectivity index (χ2v) is 6.25. The van der Waals surface area contributed by atoms with Gasteiger partial charge in [-0.2, -0.15) is 5.10 Å². The first-order valence-corrected chi connectivity index (χ1v) is 8.13. The molecule has 3 rings (SSSR count). The maximum absolute atomic E-state index is 12.8. The van der Waals surface area contributed by atoms with Crippen molar-refractivity contribution in [2.45, 2.75) is 18.6 Å². The van der Waals surface area contributed by atoms with Gasteiger partial charge in [-0.05, 0) is 30.7 Å². The maximum atomic E-state index is 12.8. The SMILES string of the molecule is COC[C@@H]1C[C@H](OC)CN1C(=O)c1cnn(-c2ccc(Cl)cc2)c1. The number of aromatic nitrogens is 2. The van der Waals surface area contributed by atoms with Gasteiger partial charge in [-0.25, -0.2) is 4.68 Å². The van der Waals surface area contributed by atoms with Gasteiger partial charge < -0.3 is 14.4 Å². The van der Waals surface area contributed by atoms with Gasteiger partial charge in [-0.3, -0.25) is 4.79 Å². The summed E-state index contributed by atoms with van der Waals surface area (Å²) in [5, 5.41) is 4.94. The molecule has 0 bridgehead atoms. The Morgan fingerprint density at radius 2 is 2.08 bits per heavy atom. The van der Waals surface area contributed by atoms with Crippen LogP contribution in [0.15, 0.2) is 36.7 Å². The van der Waals surface area contributed by atoms with Crippen molar-refractivity contribution >= 4 is 17.5 Å². The van der Waals surface area contributed by atoms with E-state index in [1.807, 2.05) is 12.1 Å². The van der Waals surface area contributed by atoms with Crippen LogP contribution in [0.5, 0.6) is 0 Å². The lowest BCUT2D eigenvalue weighted by atomic mass is 10.2. The first kappa shape index (κ1) is 17.0. The van der Waals surface area contributed by atoms with Crippen molar-refractivity contribution in [2.24, 2.45) is 0 Å². The molecule has 1 fully saturated rings. The molecule has 7 heteroatoms. The number of hydrogen-bond donors (Lipinski definition) is 0. The Kier molecular flexibility index (Phi) is 5.18. The Morgan fingerprint density at radius 1 is 1.33 bits per heavy atom. The van der Waals surface area contributed by atoms with Crippen molar-refractivity contribution in [1.82, 2.24) is 14.7 Å². The summed E-state index contributed by atoms with van der Waals surface area (Å²) in [6, 6.07) is 7.31. The largest absolute Gasteiger partial charge is 0.383 e. The fourth-order valence-electron chi connectivity index (χ4n) is 2.98. The van der Waals surface area contributed by atoms with Gasteiger partial charge >= 0.3 is 0 Å². The van der Waals surface area contributed by atoms with Crippen LogP contribution < -0.4 is 0 Å². The monoisotopic (exact) mass is 349 g/mol. The highest BCUT2D eigenvalue weighted by Crippen LogP contribution is 2.23. The number of amides is 1. The fraction of sp³-hybridized carbons (Fsp3) is 0.412. The number of hydrogen-bond acceptors (Lipinski definition) is 4. The lowest BCUT2D eigenvalue weighted by Gasteiger charge is -2.23. The lowest BCUT2D eigenvalue weighted by Crippen LogP contribution is -2.38. The van der Waals surface area contributed by atoms with Gasteiger partial charge in [-0.1, -0.05) is 11.6 Å². The molecule has 1 aliphatic heterocycles. The number of ether oxygens (including phenoxy) is 2. The second kappa shape index (κ2) is 7.34. The van der Waals surface area contributed by atoms with E-state index in [4.69, 9.17) is 21.1 Å². The number of rotatable bonds is 5. The third kappa shape index (κ3) is 3.45. The average Bonchev–Trinajstić information content (AvgIpc) is 3.22. The first-order valence-electron chi connectivity index (χ1n) is 7.75. The number of methoxy groups -OCH3 is 2. The lowest BCUT2D eigenvalue weighted by molar-refractivity contribution is 0.0612. The number of carbonyl (C=O) groups is 1. The second-order valence-electron chi connectivity index (χ2n) is 5.81. The fourth-order valence-corrected chi connectivity index (χ4v) is 3.10. The van der Waals surface area contributed by atoms with Gasteiger partial charge in [-0.15, -0.1) is 0 Å². The van der Waals surface area contributed by atoms with Crippen molar-refractivity contribution in [2.75, 3.05) is 27.4 Å². The predicted octanol–water partition coefficient (Wildman–Crippen LogP) is 2.40. The molecule has 0 spiro atoms. The third-order valence-electron chi connectivity index (χ3n) is 4.25. The first-order chi connectivity index (χ1) is 11.6. The molecule has 0 N–H and O–H groups in total. The van der Waals surface area contributed by atoms with Crippen molar-refractivity contribution in [3.63, 3.8) is 0 Å². The van der Waals surface area contributed by atoms with Gasteiger partial charge in [0.1, 0.15) is 0 Å². The topological polar surface area (TPSA) is 56.6 Å². The Balaban J connectivity index is 1.78. The van der Waals surface area contributed by atoms with Crippen LogP contribution in [0.4, 0.5) is 0 Å². The van der Waals surface area contributed by atoms with Crippen LogP contribution in [0.1, 0.15) is 16.8 Å². The summed E-state index contributed by atoms with van der Waals surface area (Å²) in [5.41, 5.74) is 1.39. The molecule has 0 aliphatic carbocycles. The molecule has 2 aromatic rings. The molecule has 1 amide bonds. The number of halogens is 1. The molecular formula is C17H20ClN3O3. The molecular weight excluding hydrogens is 330 g/mol. The minimum absolute atomic E-state index is 0.0198. The molecule has 0 saturated carbocycles. The number of carbonyl (C=O) groups excluding carboxylic acids is 1. The zero-order valence-electron chi connectivity index (χ0n) is 13.7. The summed E-state index contributed by atoms with van der Waals surface area (Å²) in [6.45, 7) is 1.06. The molecule has 2 atom stereocenters. The van der Waals surface area contributed by atoms with Gasteiger partial charge in [0, 0.05) is 32.0 Å².